The Morgan fingerprint density at radius 2 is 2.04 bits per heavy atom. The van der Waals surface area contributed by atoms with Gasteiger partial charge in [-0.1, -0.05) is 42.5 Å². The fourth-order valence-corrected chi connectivity index (χ4v) is 3.33. The first-order valence-electron chi connectivity index (χ1n) is 9.09. The van der Waals surface area contributed by atoms with Gasteiger partial charge in [0.25, 0.3) is 0 Å². The Morgan fingerprint density at radius 1 is 1.20 bits per heavy atom. The Morgan fingerprint density at radius 3 is 2.84 bits per heavy atom. The highest BCUT2D eigenvalue weighted by atomic mass is 15.2. The molecule has 25 heavy (non-hydrogen) atoms. The number of anilines is 1. The SMILES string of the molecule is Cc1cccc(NC(N)=NCC2CCN(CCc3ccccc3)C2)c1. The van der Waals surface area contributed by atoms with E-state index in [0.717, 1.165) is 38.3 Å². The molecule has 1 unspecified atom stereocenters. The molecule has 0 aromatic heterocycles. The van der Waals surface area contributed by atoms with Crippen LogP contribution in [0.15, 0.2) is 59.6 Å². The molecule has 0 radical (unpaired) electrons. The average molecular weight is 336 g/mol. The van der Waals surface area contributed by atoms with Gasteiger partial charge in [-0.05, 0) is 55.5 Å². The zero-order chi connectivity index (χ0) is 17.5. The minimum atomic E-state index is 0.508. The number of aliphatic imine (C=N–C) groups is 1. The topological polar surface area (TPSA) is 53.6 Å². The highest BCUT2D eigenvalue weighted by Gasteiger charge is 2.21. The van der Waals surface area contributed by atoms with E-state index in [0.29, 0.717) is 11.9 Å². The van der Waals surface area contributed by atoms with Gasteiger partial charge in [0.15, 0.2) is 5.96 Å². The van der Waals surface area contributed by atoms with Crippen LogP contribution in [0, 0.1) is 12.8 Å². The molecule has 0 saturated carbocycles. The maximum Gasteiger partial charge on any atom is 0.193 e. The van der Waals surface area contributed by atoms with E-state index < -0.39 is 0 Å². The van der Waals surface area contributed by atoms with E-state index >= 15 is 0 Å². The van der Waals surface area contributed by atoms with Crippen molar-refractivity contribution in [3.63, 3.8) is 0 Å². The van der Waals surface area contributed by atoms with Crippen molar-refractivity contribution < 1.29 is 0 Å². The number of hydrogen-bond acceptors (Lipinski definition) is 2. The smallest absolute Gasteiger partial charge is 0.193 e. The summed E-state index contributed by atoms with van der Waals surface area (Å²) in [5.41, 5.74) is 9.65. The van der Waals surface area contributed by atoms with Gasteiger partial charge >= 0.3 is 0 Å². The highest BCUT2D eigenvalue weighted by molar-refractivity contribution is 5.92. The van der Waals surface area contributed by atoms with Crippen LogP contribution in [0.2, 0.25) is 0 Å². The second-order valence-electron chi connectivity index (χ2n) is 6.91. The van der Waals surface area contributed by atoms with Crippen LogP contribution in [0.5, 0.6) is 0 Å². The van der Waals surface area contributed by atoms with Gasteiger partial charge in [-0.25, -0.2) is 0 Å². The van der Waals surface area contributed by atoms with E-state index in [2.05, 4.69) is 64.6 Å². The molecule has 1 aliphatic rings. The van der Waals surface area contributed by atoms with E-state index in [-0.39, 0.29) is 0 Å². The van der Waals surface area contributed by atoms with Crippen molar-refractivity contribution in [1.29, 1.82) is 0 Å². The van der Waals surface area contributed by atoms with E-state index in [1.807, 2.05) is 12.1 Å². The minimum Gasteiger partial charge on any atom is -0.370 e. The number of nitrogens with one attached hydrogen (secondary N) is 1. The number of aryl methyl sites for hydroxylation is 1. The third-order valence-corrected chi connectivity index (χ3v) is 4.74. The number of guanidine groups is 1. The third kappa shape index (κ3) is 5.61. The molecule has 0 amide bonds. The molecule has 2 aromatic carbocycles. The summed E-state index contributed by atoms with van der Waals surface area (Å²) in [5, 5.41) is 3.18. The lowest BCUT2D eigenvalue weighted by atomic mass is 10.1. The lowest BCUT2D eigenvalue weighted by Gasteiger charge is -2.15. The molecule has 0 aliphatic carbocycles. The Balaban J connectivity index is 1.41. The Labute approximate surface area is 150 Å². The number of hydrogen-bond donors (Lipinski definition) is 2. The second-order valence-corrected chi connectivity index (χ2v) is 6.91. The zero-order valence-electron chi connectivity index (χ0n) is 15.0. The predicted molar refractivity (Wildman–Crippen MR) is 106 cm³/mol. The van der Waals surface area contributed by atoms with E-state index in [1.165, 1.54) is 17.5 Å². The molecule has 0 bridgehead atoms. The summed E-state index contributed by atoms with van der Waals surface area (Å²) in [6.45, 7) is 6.28. The first kappa shape index (κ1) is 17.5. The second kappa shape index (κ2) is 8.67. The highest BCUT2D eigenvalue weighted by Crippen LogP contribution is 2.17. The van der Waals surface area contributed by atoms with Crippen molar-refractivity contribution in [2.24, 2.45) is 16.6 Å². The number of nitrogens with zero attached hydrogens (tertiary/aromatic N) is 2. The van der Waals surface area contributed by atoms with Gasteiger partial charge in [-0.3, -0.25) is 4.99 Å². The minimum absolute atomic E-state index is 0.508. The number of benzene rings is 2. The maximum atomic E-state index is 6.03. The Kier molecular flexibility index (Phi) is 6.07. The molecule has 3 N–H and O–H groups in total. The first-order valence-corrected chi connectivity index (χ1v) is 9.09. The Bertz CT molecular complexity index is 696. The lowest BCUT2D eigenvalue weighted by molar-refractivity contribution is 0.330. The van der Waals surface area contributed by atoms with Gasteiger partial charge in [0.2, 0.25) is 0 Å². The van der Waals surface area contributed by atoms with Crippen LogP contribution >= 0.6 is 0 Å². The van der Waals surface area contributed by atoms with E-state index in [4.69, 9.17) is 5.73 Å². The molecule has 132 valence electrons. The molecule has 1 heterocycles. The summed E-state index contributed by atoms with van der Waals surface area (Å²) < 4.78 is 0. The van der Waals surface area contributed by atoms with Crippen molar-refractivity contribution in [1.82, 2.24) is 4.90 Å². The quantitative estimate of drug-likeness (QED) is 0.629. The molecule has 3 rings (SSSR count). The van der Waals surface area contributed by atoms with Crippen LogP contribution in [0.4, 0.5) is 5.69 Å². The Hall–Kier alpha value is -2.33. The van der Waals surface area contributed by atoms with Gasteiger partial charge < -0.3 is 16.0 Å². The van der Waals surface area contributed by atoms with Crippen molar-refractivity contribution >= 4 is 11.6 Å². The van der Waals surface area contributed by atoms with E-state index in [9.17, 15) is 0 Å². The van der Waals surface area contributed by atoms with Crippen molar-refractivity contribution in [3.8, 4) is 0 Å². The molecule has 1 atom stereocenters. The molecular weight excluding hydrogens is 308 g/mol. The fourth-order valence-electron chi connectivity index (χ4n) is 3.33. The zero-order valence-corrected chi connectivity index (χ0v) is 15.0. The summed E-state index contributed by atoms with van der Waals surface area (Å²) in [7, 11) is 0. The number of rotatable bonds is 6. The summed E-state index contributed by atoms with van der Waals surface area (Å²) in [6.07, 6.45) is 2.32. The van der Waals surface area contributed by atoms with Crippen LogP contribution < -0.4 is 11.1 Å². The fraction of sp³-hybridized carbons (Fsp3) is 0.381. The largest absolute Gasteiger partial charge is 0.370 e. The summed E-state index contributed by atoms with van der Waals surface area (Å²) in [6, 6.07) is 18.9. The molecule has 4 nitrogen and oxygen atoms in total. The van der Waals surface area contributed by atoms with Crippen LogP contribution in [-0.4, -0.2) is 37.0 Å². The summed E-state index contributed by atoms with van der Waals surface area (Å²) in [4.78, 5) is 7.08. The van der Waals surface area contributed by atoms with Crippen LogP contribution in [-0.2, 0) is 6.42 Å². The van der Waals surface area contributed by atoms with Gasteiger partial charge in [-0.15, -0.1) is 0 Å². The van der Waals surface area contributed by atoms with Gasteiger partial charge in [0, 0.05) is 25.3 Å². The number of likely N-dealkylation sites (tertiary alicyclic amines) is 1. The molecule has 0 spiro atoms. The lowest BCUT2D eigenvalue weighted by Crippen LogP contribution is -2.26. The van der Waals surface area contributed by atoms with Crippen molar-refractivity contribution in [2.75, 3.05) is 31.5 Å². The molecule has 1 saturated heterocycles. The van der Waals surface area contributed by atoms with Crippen LogP contribution in [0.3, 0.4) is 0 Å². The van der Waals surface area contributed by atoms with Crippen molar-refractivity contribution in [2.45, 2.75) is 19.8 Å². The molecular formula is C21H28N4. The van der Waals surface area contributed by atoms with Crippen molar-refractivity contribution in [3.05, 3.63) is 65.7 Å². The van der Waals surface area contributed by atoms with Crippen LogP contribution in [0.25, 0.3) is 0 Å². The summed E-state index contributed by atoms with van der Waals surface area (Å²) in [5.74, 6) is 1.11. The van der Waals surface area contributed by atoms with Gasteiger partial charge in [0.05, 0.1) is 0 Å². The average Bonchev–Trinajstić information content (AvgIpc) is 3.07. The monoisotopic (exact) mass is 336 g/mol. The van der Waals surface area contributed by atoms with Crippen LogP contribution in [0.1, 0.15) is 17.5 Å². The predicted octanol–water partition coefficient (Wildman–Crippen LogP) is 3.29. The molecule has 1 fully saturated rings. The third-order valence-electron chi connectivity index (χ3n) is 4.74. The van der Waals surface area contributed by atoms with Gasteiger partial charge in [0.1, 0.15) is 0 Å². The van der Waals surface area contributed by atoms with Gasteiger partial charge in [-0.2, -0.15) is 0 Å². The first-order chi connectivity index (χ1) is 12.2. The number of nitrogens with two attached hydrogens (primary N) is 1. The summed E-state index contributed by atoms with van der Waals surface area (Å²) >= 11 is 0. The normalized spacial score (nSPS) is 18.4. The molecule has 4 heteroatoms. The standard InChI is InChI=1S/C21H28N4/c1-17-6-5-9-20(14-17)24-21(22)23-15-19-11-13-25(16-19)12-10-18-7-3-2-4-8-18/h2-9,14,19H,10-13,15-16H2,1H3,(H3,22,23,24). The molecule has 2 aromatic rings. The molecule has 1 aliphatic heterocycles. The maximum absolute atomic E-state index is 6.03. The van der Waals surface area contributed by atoms with E-state index in [1.54, 1.807) is 0 Å².